The van der Waals surface area contributed by atoms with E-state index in [-0.39, 0.29) is 18.1 Å². The molecule has 0 aliphatic heterocycles. The van der Waals surface area contributed by atoms with Gasteiger partial charge in [0.2, 0.25) is 0 Å². The lowest BCUT2D eigenvalue weighted by Gasteiger charge is -2.12. The van der Waals surface area contributed by atoms with E-state index >= 15 is 0 Å². The molecule has 30 heavy (non-hydrogen) atoms. The molecule has 0 saturated heterocycles. The third-order valence-electron chi connectivity index (χ3n) is 4.11. The van der Waals surface area contributed by atoms with Crippen LogP contribution in [0.25, 0.3) is 11.6 Å². The summed E-state index contributed by atoms with van der Waals surface area (Å²) in [6.07, 6.45) is 1.72. The maximum atomic E-state index is 13.3. The number of hydrogen-bond acceptors (Lipinski definition) is 4. The van der Waals surface area contributed by atoms with E-state index in [2.05, 4.69) is 51.3 Å². The number of non-ortho nitro benzene ring substituents is 1. The molecule has 0 heterocycles. The SMILES string of the molecule is N#C/C(=C/c1cc(I)c(OCc2cccc(F)c2)c(I)c1)c1ccc([N+](=O)[O-])cc1. The van der Waals surface area contributed by atoms with Crippen LogP contribution >= 0.6 is 45.2 Å². The molecule has 3 aromatic rings. The minimum Gasteiger partial charge on any atom is -0.487 e. The van der Waals surface area contributed by atoms with Gasteiger partial charge in [0, 0.05) is 12.1 Å². The number of ether oxygens (including phenoxy) is 1. The van der Waals surface area contributed by atoms with Crippen molar-refractivity contribution in [3.05, 3.63) is 100 Å². The van der Waals surface area contributed by atoms with Crippen LogP contribution in [0.4, 0.5) is 10.1 Å². The summed E-state index contributed by atoms with van der Waals surface area (Å²) in [5, 5.41) is 20.3. The Kier molecular flexibility index (Phi) is 7.38. The lowest BCUT2D eigenvalue weighted by atomic mass is 10.0. The van der Waals surface area contributed by atoms with Crippen molar-refractivity contribution in [1.82, 2.24) is 0 Å². The van der Waals surface area contributed by atoms with Crippen molar-refractivity contribution in [1.29, 1.82) is 5.26 Å². The average molecular weight is 626 g/mol. The first-order valence-electron chi connectivity index (χ1n) is 8.60. The Labute approximate surface area is 199 Å². The van der Waals surface area contributed by atoms with Gasteiger partial charge in [0.1, 0.15) is 18.2 Å². The molecule has 0 amide bonds. The van der Waals surface area contributed by atoms with Crippen molar-refractivity contribution in [2.75, 3.05) is 0 Å². The van der Waals surface area contributed by atoms with E-state index in [1.54, 1.807) is 30.3 Å². The Hall–Kier alpha value is -2.52. The molecule has 0 N–H and O–H groups in total. The first-order chi connectivity index (χ1) is 14.4. The number of hydrogen-bond donors (Lipinski definition) is 0. The lowest BCUT2D eigenvalue weighted by molar-refractivity contribution is -0.384. The van der Waals surface area contributed by atoms with Crippen LogP contribution in [-0.2, 0) is 6.61 Å². The first kappa shape index (κ1) is 22.2. The molecule has 0 unspecified atom stereocenters. The summed E-state index contributed by atoms with van der Waals surface area (Å²) in [5.41, 5.74) is 2.50. The van der Waals surface area contributed by atoms with E-state index in [1.807, 2.05) is 12.1 Å². The molecule has 0 radical (unpaired) electrons. The van der Waals surface area contributed by atoms with Gasteiger partial charge in [-0.25, -0.2) is 4.39 Å². The molecule has 3 aromatic carbocycles. The molecule has 0 bridgehead atoms. The average Bonchev–Trinajstić information content (AvgIpc) is 2.71. The minimum absolute atomic E-state index is 0.0278. The fourth-order valence-electron chi connectivity index (χ4n) is 2.69. The number of allylic oxidation sites excluding steroid dienone is 1. The Morgan fingerprint density at radius 1 is 1.13 bits per heavy atom. The highest BCUT2D eigenvalue weighted by Gasteiger charge is 2.11. The van der Waals surface area contributed by atoms with Gasteiger partial charge in [-0.3, -0.25) is 10.1 Å². The van der Waals surface area contributed by atoms with Crippen LogP contribution in [0, 0.1) is 34.4 Å². The fourth-order valence-corrected chi connectivity index (χ4v) is 4.82. The molecule has 0 spiro atoms. The summed E-state index contributed by atoms with van der Waals surface area (Å²) in [4.78, 5) is 10.3. The molecule has 3 rings (SSSR count). The van der Waals surface area contributed by atoms with Crippen molar-refractivity contribution < 1.29 is 14.1 Å². The van der Waals surface area contributed by atoms with Crippen molar-refractivity contribution in [3.63, 3.8) is 0 Å². The maximum Gasteiger partial charge on any atom is 0.269 e. The molecule has 0 aliphatic rings. The molecule has 0 fully saturated rings. The quantitative estimate of drug-likeness (QED) is 0.102. The van der Waals surface area contributed by atoms with Crippen molar-refractivity contribution in [2.45, 2.75) is 6.61 Å². The van der Waals surface area contributed by atoms with Crippen LogP contribution in [0.1, 0.15) is 16.7 Å². The Bertz CT molecular complexity index is 1150. The van der Waals surface area contributed by atoms with Gasteiger partial charge in [-0.15, -0.1) is 0 Å². The largest absolute Gasteiger partial charge is 0.487 e. The van der Waals surface area contributed by atoms with E-state index in [0.717, 1.165) is 18.3 Å². The molecule has 5 nitrogen and oxygen atoms in total. The van der Waals surface area contributed by atoms with E-state index in [1.165, 1.54) is 24.3 Å². The molecular formula is C22H13FI2N2O3. The van der Waals surface area contributed by atoms with Crippen molar-refractivity contribution in [2.24, 2.45) is 0 Å². The third kappa shape index (κ3) is 5.54. The van der Waals surface area contributed by atoms with Gasteiger partial charge in [0.15, 0.2) is 0 Å². The first-order valence-corrected chi connectivity index (χ1v) is 10.8. The van der Waals surface area contributed by atoms with Crippen molar-refractivity contribution >= 4 is 62.5 Å². The van der Waals surface area contributed by atoms with Gasteiger partial charge in [0.05, 0.1) is 23.7 Å². The second kappa shape index (κ2) is 9.99. The highest BCUT2D eigenvalue weighted by Crippen LogP contribution is 2.31. The number of nitrogens with zero attached hydrogens (tertiary/aromatic N) is 2. The van der Waals surface area contributed by atoms with Crippen LogP contribution in [-0.4, -0.2) is 4.92 Å². The molecular weight excluding hydrogens is 613 g/mol. The fraction of sp³-hybridized carbons (Fsp3) is 0.0455. The lowest BCUT2D eigenvalue weighted by Crippen LogP contribution is -2.00. The smallest absolute Gasteiger partial charge is 0.269 e. The van der Waals surface area contributed by atoms with Gasteiger partial charge in [-0.1, -0.05) is 12.1 Å². The van der Waals surface area contributed by atoms with Gasteiger partial charge < -0.3 is 4.74 Å². The molecule has 0 aliphatic carbocycles. The summed E-state index contributed by atoms with van der Waals surface area (Å²) in [5.74, 6) is 0.378. The topological polar surface area (TPSA) is 76.2 Å². The predicted octanol–water partition coefficient (Wildman–Crippen LogP) is 6.59. The monoisotopic (exact) mass is 626 g/mol. The molecule has 150 valence electrons. The number of nitriles is 1. The summed E-state index contributed by atoms with van der Waals surface area (Å²) >= 11 is 4.31. The zero-order valence-corrected chi connectivity index (χ0v) is 19.6. The third-order valence-corrected chi connectivity index (χ3v) is 5.72. The van der Waals surface area contributed by atoms with Gasteiger partial charge in [-0.2, -0.15) is 5.26 Å². The standard InChI is InChI=1S/C22H13FI2N2O3/c23-18-3-1-2-14(9-18)13-30-22-20(24)10-15(11-21(22)25)8-17(12-26)16-4-6-19(7-5-16)27(28)29/h1-11H,13H2/b17-8-. The predicted molar refractivity (Wildman–Crippen MR) is 129 cm³/mol. The Balaban J connectivity index is 1.84. The Morgan fingerprint density at radius 3 is 2.37 bits per heavy atom. The van der Waals surface area contributed by atoms with Crippen LogP contribution in [0.2, 0.25) is 0 Å². The van der Waals surface area contributed by atoms with Crippen LogP contribution < -0.4 is 4.74 Å². The second-order valence-corrected chi connectivity index (χ2v) is 8.53. The van der Waals surface area contributed by atoms with Crippen LogP contribution in [0.15, 0.2) is 60.7 Å². The highest BCUT2D eigenvalue weighted by molar-refractivity contribution is 14.1. The zero-order chi connectivity index (χ0) is 21.7. The molecule has 8 heteroatoms. The minimum atomic E-state index is -0.479. The number of nitro groups is 1. The van der Waals surface area contributed by atoms with E-state index in [0.29, 0.717) is 16.9 Å². The van der Waals surface area contributed by atoms with E-state index in [9.17, 15) is 19.8 Å². The highest BCUT2D eigenvalue weighted by atomic mass is 127. The van der Waals surface area contributed by atoms with E-state index < -0.39 is 4.92 Å². The molecule has 0 aromatic heterocycles. The number of nitro benzene ring substituents is 1. The normalized spacial score (nSPS) is 11.1. The van der Waals surface area contributed by atoms with Gasteiger partial charge >= 0.3 is 0 Å². The number of benzene rings is 3. The van der Waals surface area contributed by atoms with Crippen LogP contribution in [0.5, 0.6) is 5.75 Å². The zero-order valence-electron chi connectivity index (χ0n) is 15.3. The summed E-state index contributed by atoms with van der Waals surface area (Å²) in [7, 11) is 0. The summed E-state index contributed by atoms with van der Waals surface area (Å²) in [6.45, 7) is 0.241. The van der Waals surface area contributed by atoms with Crippen LogP contribution in [0.3, 0.4) is 0 Å². The Morgan fingerprint density at radius 2 is 1.80 bits per heavy atom. The number of rotatable bonds is 6. The number of halogens is 3. The molecule has 0 saturated carbocycles. The summed E-state index contributed by atoms with van der Waals surface area (Å²) in [6, 6.07) is 18.0. The molecule has 0 atom stereocenters. The summed E-state index contributed by atoms with van der Waals surface area (Å²) < 4.78 is 20.9. The maximum absolute atomic E-state index is 13.3. The second-order valence-electron chi connectivity index (χ2n) is 6.21. The van der Waals surface area contributed by atoms with Crippen molar-refractivity contribution in [3.8, 4) is 11.8 Å². The van der Waals surface area contributed by atoms with Gasteiger partial charge in [0.25, 0.3) is 5.69 Å². The van der Waals surface area contributed by atoms with E-state index in [4.69, 9.17) is 4.74 Å². The van der Waals surface area contributed by atoms with Gasteiger partial charge in [-0.05, 0) is 104 Å².